The molecule has 4 aromatic rings. The van der Waals surface area contributed by atoms with Crippen LogP contribution in [0.25, 0.3) is 0 Å². The fourth-order valence-corrected chi connectivity index (χ4v) is 13.7. The number of hydrogen-bond acceptors (Lipinski definition) is 4. The van der Waals surface area contributed by atoms with Crippen LogP contribution >= 0.6 is 0 Å². The van der Waals surface area contributed by atoms with E-state index in [0.29, 0.717) is 0 Å². The van der Waals surface area contributed by atoms with Crippen molar-refractivity contribution in [2.75, 3.05) is 26.4 Å². The molecule has 1 aliphatic carbocycles. The number of benzene rings is 4. The summed E-state index contributed by atoms with van der Waals surface area (Å²) in [5, 5.41) is 0. The highest BCUT2D eigenvalue weighted by atomic mass is 16.5. The maximum absolute atomic E-state index is 7.14. The summed E-state index contributed by atoms with van der Waals surface area (Å²) < 4.78 is 28.6. The van der Waals surface area contributed by atoms with Gasteiger partial charge in [0.15, 0.2) is 0 Å². The van der Waals surface area contributed by atoms with E-state index in [1.54, 1.807) is 0 Å². The van der Waals surface area contributed by atoms with Gasteiger partial charge in [-0.15, -0.1) is 0 Å². The average molecular weight is 1210 g/mol. The SMILES string of the molecule is CCCCCCCCCCCCCCOc1c2cccc1Cc1cccc(c1OCCCCCCCCCCCCCC)Cc1cccc(c1OCCCCCCCCCCCCCC)Cc1cccc(c1OCCCCCCCCCCCCCC)C2. The van der Waals surface area contributed by atoms with Gasteiger partial charge in [0.25, 0.3) is 0 Å². The molecule has 1 aliphatic rings. The van der Waals surface area contributed by atoms with E-state index < -0.39 is 0 Å². The molecule has 4 aromatic carbocycles. The second-order valence-electron chi connectivity index (χ2n) is 27.3. The molecular weight excluding hydrogens is 1070 g/mol. The summed E-state index contributed by atoms with van der Waals surface area (Å²) in [4.78, 5) is 0. The monoisotopic (exact) mass is 1210 g/mol. The van der Waals surface area contributed by atoms with Gasteiger partial charge in [0.05, 0.1) is 26.4 Å². The summed E-state index contributed by atoms with van der Waals surface area (Å²) >= 11 is 0. The van der Waals surface area contributed by atoms with Gasteiger partial charge < -0.3 is 18.9 Å². The zero-order valence-corrected chi connectivity index (χ0v) is 58.2. The zero-order valence-electron chi connectivity index (χ0n) is 58.2. The van der Waals surface area contributed by atoms with Crippen molar-refractivity contribution in [1.29, 1.82) is 0 Å². The van der Waals surface area contributed by atoms with Crippen LogP contribution in [-0.2, 0) is 25.7 Å². The van der Waals surface area contributed by atoms with E-state index in [-0.39, 0.29) is 0 Å². The van der Waals surface area contributed by atoms with Gasteiger partial charge in [-0.1, -0.05) is 383 Å². The molecule has 0 fully saturated rings. The number of ether oxygens (including phenoxy) is 4. The van der Waals surface area contributed by atoms with Crippen LogP contribution in [0, 0.1) is 0 Å². The van der Waals surface area contributed by atoms with Crippen LogP contribution in [0.5, 0.6) is 23.0 Å². The molecule has 496 valence electrons. The quantitative estimate of drug-likeness (QED) is 0.0364. The summed E-state index contributed by atoms with van der Waals surface area (Å²) in [5.74, 6) is 4.24. The fourth-order valence-electron chi connectivity index (χ4n) is 13.7. The van der Waals surface area contributed by atoms with Crippen molar-refractivity contribution in [1.82, 2.24) is 0 Å². The zero-order chi connectivity index (χ0) is 61.8. The molecule has 0 aliphatic heterocycles. The van der Waals surface area contributed by atoms with Crippen molar-refractivity contribution in [3.63, 3.8) is 0 Å². The van der Waals surface area contributed by atoms with Crippen LogP contribution in [0.1, 0.15) is 380 Å². The molecule has 4 nitrogen and oxygen atoms in total. The summed E-state index contributed by atoms with van der Waals surface area (Å²) in [6.07, 6.45) is 67.2. The van der Waals surface area contributed by atoms with E-state index in [1.807, 2.05) is 0 Å². The molecule has 0 saturated carbocycles. The highest BCUT2D eigenvalue weighted by Crippen LogP contribution is 2.40. The van der Waals surface area contributed by atoms with E-state index in [0.717, 1.165) is 101 Å². The van der Waals surface area contributed by atoms with Crippen molar-refractivity contribution in [2.45, 2.75) is 362 Å². The lowest BCUT2D eigenvalue weighted by Crippen LogP contribution is -2.10. The molecule has 0 radical (unpaired) electrons. The van der Waals surface area contributed by atoms with Crippen molar-refractivity contribution in [3.8, 4) is 23.0 Å². The molecule has 4 heteroatoms. The predicted octanol–water partition coefficient (Wildman–Crippen LogP) is 26.7. The third-order valence-corrected chi connectivity index (χ3v) is 19.2. The second kappa shape index (κ2) is 51.7. The minimum absolute atomic E-state index is 0.739. The van der Waals surface area contributed by atoms with Crippen LogP contribution < -0.4 is 18.9 Å². The van der Waals surface area contributed by atoms with Crippen LogP contribution in [0.15, 0.2) is 72.8 Å². The first kappa shape index (κ1) is 74.8. The Kier molecular flexibility index (Phi) is 43.9. The Morgan fingerprint density at radius 1 is 0.182 bits per heavy atom. The Morgan fingerprint density at radius 2 is 0.307 bits per heavy atom. The first-order valence-electron chi connectivity index (χ1n) is 38.6. The molecular formula is C84H136O4. The smallest absolute Gasteiger partial charge is 0.126 e. The standard InChI is InChI=1S/C84H136O4/c1-5-9-13-17-21-25-29-33-37-41-45-49-65-85-81-73-57-53-58-74(81)70-76-60-55-62-78(83(76)87-67-51-47-43-39-35-31-27-23-19-15-11-7-3)72-80-64-56-63-79(84(80)88-68-52-48-44-40-36-32-28-24-20-16-12-8-4)71-77-61-54-59-75(69-73)82(77)86-66-50-46-42-38-34-30-26-22-18-14-10-6-2/h53-64H,5-52,65-72H2,1-4H3. The topological polar surface area (TPSA) is 36.9 Å². The average Bonchev–Trinajstić information content (AvgIpc) is 2.02. The maximum Gasteiger partial charge on any atom is 0.126 e. The summed E-state index contributed by atoms with van der Waals surface area (Å²) in [6.45, 7) is 12.2. The van der Waals surface area contributed by atoms with Gasteiger partial charge in [-0.3, -0.25) is 0 Å². The molecule has 5 rings (SSSR count). The maximum atomic E-state index is 7.14. The Morgan fingerprint density at radius 3 is 0.443 bits per heavy atom. The number of rotatable bonds is 56. The van der Waals surface area contributed by atoms with Gasteiger partial charge in [0.2, 0.25) is 0 Å². The second-order valence-corrected chi connectivity index (χ2v) is 27.3. The Balaban J connectivity index is 1.37. The van der Waals surface area contributed by atoms with Crippen molar-refractivity contribution < 1.29 is 18.9 Å². The number of para-hydroxylation sites is 4. The van der Waals surface area contributed by atoms with E-state index in [1.165, 1.54) is 327 Å². The Labute approximate surface area is 544 Å². The van der Waals surface area contributed by atoms with E-state index in [4.69, 9.17) is 18.9 Å². The number of hydrogen-bond donors (Lipinski definition) is 0. The van der Waals surface area contributed by atoms with Crippen molar-refractivity contribution >= 4 is 0 Å². The molecule has 0 amide bonds. The predicted molar refractivity (Wildman–Crippen MR) is 383 cm³/mol. The van der Waals surface area contributed by atoms with Crippen LogP contribution in [0.3, 0.4) is 0 Å². The van der Waals surface area contributed by atoms with Gasteiger partial charge in [-0.25, -0.2) is 0 Å². The van der Waals surface area contributed by atoms with Gasteiger partial charge in [-0.05, 0) is 70.2 Å². The highest BCUT2D eigenvalue weighted by Gasteiger charge is 2.22. The van der Waals surface area contributed by atoms with Gasteiger partial charge in [-0.2, -0.15) is 0 Å². The highest BCUT2D eigenvalue weighted by molar-refractivity contribution is 5.56. The minimum atomic E-state index is 0.739. The normalized spacial score (nSPS) is 12.2. The van der Waals surface area contributed by atoms with Crippen molar-refractivity contribution in [3.05, 3.63) is 117 Å². The lowest BCUT2D eigenvalue weighted by Gasteiger charge is -2.23. The Hall–Kier alpha value is -3.92. The summed E-state index contributed by atoms with van der Waals surface area (Å²) in [5.41, 5.74) is 10.00. The van der Waals surface area contributed by atoms with Crippen LogP contribution in [0.2, 0.25) is 0 Å². The first-order chi connectivity index (χ1) is 43.7. The Bertz CT molecular complexity index is 1880. The largest absolute Gasteiger partial charge is 0.493 e. The van der Waals surface area contributed by atoms with E-state index in [2.05, 4.69) is 100 Å². The van der Waals surface area contributed by atoms with Crippen LogP contribution in [0.4, 0.5) is 0 Å². The summed E-state index contributed by atoms with van der Waals surface area (Å²) in [7, 11) is 0. The molecule has 0 N–H and O–H groups in total. The summed E-state index contributed by atoms with van der Waals surface area (Å²) in [6, 6.07) is 27.8. The third kappa shape index (κ3) is 32.9. The molecule has 8 bridgehead atoms. The molecule has 0 spiro atoms. The number of unbranched alkanes of at least 4 members (excludes halogenated alkanes) is 44. The molecule has 0 aromatic heterocycles. The van der Waals surface area contributed by atoms with E-state index >= 15 is 0 Å². The van der Waals surface area contributed by atoms with Gasteiger partial charge in [0.1, 0.15) is 23.0 Å². The lowest BCUT2D eigenvalue weighted by molar-refractivity contribution is 0.292. The van der Waals surface area contributed by atoms with Gasteiger partial charge in [0, 0.05) is 25.7 Å². The minimum Gasteiger partial charge on any atom is -0.493 e. The molecule has 0 heterocycles. The van der Waals surface area contributed by atoms with Gasteiger partial charge >= 0.3 is 0 Å². The molecule has 0 atom stereocenters. The third-order valence-electron chi connectivity index (χ3n) is 19.2. The molecule has 0 saturated heterocycles. The number of fused-ring (bicyclic) bond motifs is 8. The first-order valence-corrected chi connectivity index (χ1v) is 38.6. The fraction of sp³-hybridized carbons (Fsp3) is 0.714. The van der Waals surface area contributed by atoms with Crippen molar-refractivity contribution in [2.24, 2.45) is 0 Å². The molecule has 88 heavy (non-hydrogen) atoms. The van der Waals surface area contributed by atoms with Crippen LogP contribution in [-0.4, -0.2) is 26.4 Å². The van der Waals surface area contributed by atoms with E-state index in [9.17, 15) is 0 Å². The lowest BCUT2D eigenvalue weighted by atomic mass is 9.91. The molecule has 0 unspecified atom stereocenters.